The minimum Gasteiger partial charge on any atom is -0.392 e. The van der Waals surface area contributed by atoms with Gasteiger partial charge in [0.15, 0.2) is 0 Å². The van der Waals surface area contributed by atoms with Gasteiger partial charge in [-0.1, -0.05) is 29.3 Å². The molecule has 4 rings (SSSR count). The van der Waals surface area contributed by atoms with E-state index < -0.39 is 0 Å². The molecule has 1 amide bonds. The van der Waals surface area contributed by atoms with Crippen molar-refractivity contribution in [2.24, 2.45) is 0 Å². The third kappa shape index (κ3) is 5.20. The number of β-amino-alcohol motifs (C(OH)–C–C–N with tert-alkyl or cyclic N) is 1. The predicted octanol–water partition coefficient (Wildman–Crippen LogP) is 3.55. The van der Waals surface area contributed by atoms with Gasteiger partial charge in [0.1, 0.15) is 12.0 Å². The molecule has 1 aromatic carbocycles. The van der Waals surface area contributed by atoms with E-state index in [1.165, 1.54) is 6.33 Å². The lowest BCUT2D eigenvalue weighted by molar-refractivity contribution is 0.0621. The van der Waals surface area contributed by atoms with Crippen LogP contribution in [0.2, 0.25) is 10.0 Å². The lowest BCUT2D eigenvalue weighted by atomic mass is 10.0. The number of hydrogen-bond donors (Lipinski definition) is 1. The maximum absolute atomic E-state index is 13.2. The van der Waals surface area contributed by atoms with Gasteiger partial charge in [-0.05, 0) is 56.7 Å². The van der Waals surface area contributed by atoms with E-state index in [9.17, 15) is 9.90 Å². The Morgan fingerprint density at radius 2 is 1.87 bits per heavy atom. The molecule has 2 fully saturated rings. The van der Waals surface area contributed by atoms with Gasteiger partial charge in [0, 0.05) is 43.5 Å². The van der Waals surface area contributed by atoms with Crippen LogP contribution in [0, 0.1) is 6.92 Å². The molecule has 0 bridgehead atoms. The largest absolute Gasteiger partial charge is 0.392 e. The van der Waals surface area contributed by atoms with E-state index >= 15 is 0 Å². The normalized spacial score (nSPS) is 20.4. The summed E-state index contributed by atoms with van der Waals surface area (Å²) in [5, 5.41) is 10.9. The van der Waals surface area contributed by atoms with Gasteiger partial charge in [-0.3, -0.25) is 9.69 Å². The predicted molar refractivity (Wildman–Crippen MR) is 122 cm³/mol. The Hall–Kier alpha value is -1.73. The second-order valence-electron chi connectivity index (χ2n) is 8.50. The van der Waals surface area contributed by atoms with Crippen molar-refractivity contribution in [3.8, 4) is 0 Å². The van der Waals surface area contributed by atoms with Crippen molar-refractivity contribution in [3.63, 3.8) is 0 Å². The number of aryl methyl sites for hydroxylation is 2. The SMILES string of the molecule is Cc1c(CCc2ccc(Cl)c(Cl)c2)ncnc1C(=O)N1CCC(N2CCC(O)C2)CC1. The van der Waals surface area contributed by atoms with Crippen LogP contribution in [0.5, 0.6) is 0 Å². The molecule has 166 valence electrons. The minimum atomic E-state index is -0.203. The van der Waals surface area contributed by atoms with Crippen LogP contribution in [0.1, 0.15) is 46.6 Å². The number of hydrogen-bond acceptors (Lipinski definition) is 5. The van der Waals surface area contributed by atoms with Crippen molar-refractivity contribution >= 4 is 29.1 Å². The number of aliphatic hydroxyl groups excluding tert-OH is 1. The molecule has 0 spiro atoms. The monoisotopic (exact) mass is 462 g/mol. The quantitative estimate of drug-likeness (QED) is 0.735. The number of aromatic nitrogens is 2. The molecule has 8 heteroatoms. The van der Waals surface area contributed by atoms with Crippen molar-refractivity contribution in [1.82, 2.24) is 19.8 Å². The van der Waals surface area contributed by atoms with Crippen LogP contribution >= 0.6 is 23.2 Å². The van der Waals surface area contributed by atoms with Gasteiger partial charge in [-0.25, -0.2) is 9.97 Å². The number of aliphatic hydroxyl groups is 1. The van der Waals surface area contributed by atoms with Crippen molar-refractivity contribution in [3.05, 3.63) is 57.1 Å². The summed E-state index contributed by atoms with van der Waals surface area (Å²) in [5.74, 6) is -0.0180. The fourth-order valence-electron chi connectivity index (χ4n) is 4.60. The van der Waals surface area contributed by atoms with Crippen LogP contribution in [0.4, 0.5) is 0 Å². The summed E-state index contributed by atoms with van der Waals surface area (Å²) in [6, 6.07) is 6.08. The summed E-state index contributed by atoms with van der Waals surface area (Å²) in [6.45, 7) is 5.07. The van der Waals surface area contributed by atoms with E-state index in [0.717, 1.165) is 68.7 Å². The number of nitrogens with zero attached hydrogens (tertiary/aromatic N) is 4. The van der Waals surface area contributed by atoms with Crippen LogP contribution in [0.25, 0.3) is 0 Å². The molecule has 3 heterocycles. The summed E-state index contributed by atoms with van der Waals surface area (Å²) < 4.78 is 0. The van der Waals surface area contributed by atoms with Gasteiger partial charge in [0.05, 0.1) is 16.1 Å². The molecule has 2 aliphatic rings. The summed E-state index contributed by atoms with van der Waals surface area (Å²) in [4.78, 5) is 26.2. The lowest BCUT2D eigenvalue weighted by Crippen LogP contribution is -2.46. The van der Waals surface area contributed by atoms with Gasteiger partial charge < -0.3 is 10.0 Å². The molecular formula is C23H28Cl2N4O2. The smallest absolute Gasteiger partial charge is 0.272 e. The highest BCUT2D eigenvalue weighted by molar-refractivity contribution is 6.42. The van der Waals surface area contributed by atoms with Crippen LogP contribution < -0.4 is 0 Å². The second-order valence-corrected chi connectivity index (χ2v) is 9.32. The lowest BCUT2D eigenvalue weighted by Gasteiger charge is -2.36. The topological polar surface area (TPSA) is 69.6 Å². The van der Waals surface area contributed by atoms with Gasteiger partial charge in [-0.15, -0.1) is 0 Å². The molecule has 1 unspecified atom stereocenters. The number of halogens is 2. The first-order valence-electron chi connectivity index (χ1n) is 10.9. The van der Waals surface area contributed by atoms with Gasteiger partial charge in [0.25, 0.3) is 5.91 Å². The first kappa shape index (κ1) is 22.5. The van der Waals surface area contributed by atoms with Crippen molar-refractivity contribution in [2.45, 2.75) is 51.2 Å². The van der Waals surface area contributed by atoms with E-state index in [1.54, 1.807) is 6.07 Å². The number of carbonyl (C=O) groups is 1. The minimum absolute atomic E-state index is 0.0180. The standard InChI is InChI=1S/C23H28Cl2N4O2/c1-15-21(5-3-16-2-4-19(24)20(25)12-16)26-14-27-22(15)23(31)28-9-6-17(7-10-28)29-11-8-18(30)13-29/h2,4,12,14,17-18,30H,3,5-11,13H2,1H3. The third-order valence-electron chi connectivity index (χ3n) is 6.49. The molecule has 2 aliphatic heterocycles. The van der Waals surface area contributed by atoms with Crippen LogP contribution in [0.15, 0.2) is 24.5 Å². The molecule has 0 radical (unpaired) electrons. The second kappa shape index (κ2) is 9.82. The highest BCUT2D eigenvalue weighted by Gasteiger charge is 2.32. The first-order valence-corrected chi connectivity index (χ1v) is 11.6. The summed E-state index contributed by atoms with van der Waals surface area (Å²) in [6.07, 6.45) is 5.47. The average molecular weight is 463 g/mol. The van der Waals surface area contributed by atoms with E-state index in [4.69, 9.17) is 23.2 Å². The van der Waals surface area contributed by atoms with E-state index in [2.05, 4.69) is 14.9 Å². The fourth-order valence-corrected chi connectivity index (χ4v) is 4.92. The zero-order valence-electron chi connectivity index (χ0n) is 17.7. The number of benzene rings is 1. The fraction of sp³-hybridized carbons (Fsp3) is 0.522. The average Bonchev–Trinajstić information content (AvgIpc) is 3.21. The van der Waals surface area contributed by atoms with Gasteiger partial charge in [0.2, 0.25) is 0 Å². The molecule has 0 aliphatic carbocycles. The maximum Gasteiger partial charge on any atom is 0.272 e. The Morgan fingerprint density at radius 1 is 1.10 bits per heavy atom. The molecule has 2 aromatic rings. The summed E-state index contributed by atoms with van der Waals surface area (Å²) in [7, 11) is 0. The zero-order chi connectivity index (χ0) is 22.0. The van der Waals surface area contributed by atoms with E-state index in [1.807, 2.05) is 24.0 Å². The zero-order valence-corrected chi connectivity index (χ0v) is 19.2. The first-order chi connectivity index (χ1) is 14.9. The van der Waals surface area contributed by atoms with Crippen molar-refractivity contribution in [2.75, 3.05) is 26.2 Å². The van der Waals surface area contributed by atoms with Crippen LogP contribution in [-0.4, -0.2) is 69.1 Å². The Kier molecular flexibility index (Phi) is 7.12. The van der Waals surface area contributed by atoms with Gasteiger partial charge >= 0.3 is 0 Å². The molecule has 2 saturated heterocycles. The molecular weight excluding hydrogens is 435 g/mol. The molecule has 1 aromatic heterocycles. The number of rotatable bonds is 5. The highest BCUT2D eigenvalue weighted by atomic mass is 35.5. The summed E-state index contributed by atoms with van der Waals surface area (Å²) in [5.41, 5.74) is 3.30. The van der Waals surface area contributed by atoms with Crippen molar-refractivity contribution < 1.29 is 9.90 Å². The molecule has 0 saturated carbocycles. The Bertz CT molecular complexity index is 947. The Balaban J connectivity index is 1.38. The van der Waals surface area contributed by atoms with Crippen LogP contribution in [0.3, 0.4) is 0 Å². The van der Waals surface area contributed by atoms with Gasteiger partial charge in [-0.2, -0.15) is 0 Å². The van der Waals surface area contributed by atoms with Crippen LogP contribution in [-0.2, 0) is 12.8 Å². The highest BCUT2D eigenvalue weighted by Crippen LogP contribution is 2.25. The number of piperidine rings is 1. The molecule has 1 atom stereocenters. The maximum atomic E-state index is 13.2. The summed E-state index contributed by atoms with van der Waals surface area (Å²) >= 11 is 12.1. The van der Waals surface area contributed by atoms with Crippen molar-refractivity contribution in [1.29, 1.82) is 0 Å². The number of carbonyl (C=O) groups excluding carboxylic acids is 1. The van der Waals surface area contributed by atoms with E-state index in [-0.39, 0.29) is 12.0 Å². The molecule has 31 heavy (non-hydrogen) atoms. The van der Waals surface area contributed by atoms with E-state index in [0.29, 0.717) is 28.2 Å². The Morgan fingerprint density at radius 3 is 2.55 bits per heavy atom. The third-order valence-corrected chi connectivity index (χ3v) is 7.23. The number of likely N-dealkylation sites (tertiary alicyclic amines) is 2. The number of amides is 1. The molecule has 6 nitrogen and oxygen atoms in total. The molecule has 1 N–H and O–H groups in total. The Labute approximate surface area is 193 Å².